The van der Waals surface area contributed by atoms with Gasteiger partial charge >= 0.3 is 5.69 Å². The van der Waals surface area contributed by atoms with Crippen molar-refractivity contribution in [2.75, 3.05) is 7.11 Å². The van der Waals surface area contributed by atoms with Crippen molar-refractivity contribution in [2.24, 2.45) is 5.73 Å². The van der Waals surface area contributed by atoms with Crippen LogP contribution in [0.15, 0.2) is 72.4 Å². The molecule has 4 aromatic rings. The standard InChI is InChI=1S/C25H21N7O4/c1-15-22-23(20(11-26)24(27)36-25(22)31(29-15)18-6-4-3-5-7-18)16-8-9-21(35-2)17(10-16)13-30-14-19(12-28-30)32(33)34/h3-10,12,14,23H,13,27H2,1-2H3/t23-/m1/s1. The van der Waals surface area contributed by atoms with E-state index in [0.29, 0.717) is 17.3 Å². The number of aryl methyl sites for hydroxylation is 1. The number of aromatic nitrogens is 4. The number of nitrogens with zero attached hydrogens (tertiary/aromatic N) is 6. The van der Waals surface area contributed by atoms with Crippen LogP contribution in [0.4, 0.5) is 5.69 Å². The topological polar surface area (TPSA) is 147 Å². The highest BCUT2D eigenvalue weighted by Crippen LogP contribution is 2.45. The highest BCUT2D eigenvalue weighted by molar-refractivity contribution is 5.58. The third-order valence-electron chi connectivity index (χ3n) is 6.03. The van der Waals surface area contributed by atoms with Gasteiger partial charge in [-0.05, 0) is 36.8 Å². The van der Waals surface area contributed by atoms with E-state index in [4.69, 9.17) is 15.2 Å². The number of hydrogen-bond acceptors (Lipinski definition) is 8. The highest BCUT2D eigenvalue weighted by Gasteiger charge is 2.36. The van der Waals surface area contributed by atoms with Crippen molar-refractivity contribution >= 4 is 5.69 Å². The zero-order valence-electron chi connectivity index (χ0n) is 19.5. The quantitative estimate of drug-likeness (QED) is 0.323. The Bertz CT molecular complexity index is 1550. The Hall–Kier alpha value is -5.11. The maximum atomic E-state index is 11.1. The molecular weight excluding hydrogens is 462 g/mol. The number of benzene rings is 2. The number of ether oxygens (including phenoxy) is 2. The molecule has 0 saturated carbocycles. The van der Waals surface area contributed by atoms with Gasteiger partial charge in [0.25, 0.3) is 0 Å². The molecule has 1 atom stereocenters. The second-order valence-corrected chi connectivity index (χ2v) is 8.20. The molecule has 36 heavy (non-hydrogen) atoms. The van der Waals surface area contributed by atoms with Crippen molar-refractivity contribution in [3.8, 4) is 23.4 Å². The van der Waals surface area contributed by atoms with Gasteiger partial charge in [-0.1, -0.05) is 24.3 Å². The van der Waals surface area contributed by atoms with E-state index in [9.17, 15) is 15.4 Å². The molecule has 11 nitrogen and oxygen atoms in total. The number of nitrogens with two attached hydrogens (primary N) is 1. The van der Waals surface area contributed by atoms with Gasteiger partial charge in [0.05, 0.1) is 41.4 Å². The van der Waals surface area contributed by atoms with E-state index in [1.165, 1.54) is 17.1 Å². The summed E-state index contributed by atoms with van der Waals surface area (Å²) in [7, 11) is 1.54. The first-order chi connectivity index (χ1) is 17.4. The van der Waals surface area contributed by atoms with Crippen LogP contribution >= 0.6 is 0 Å². The molecule has 0 bridgehead atoms. The molecule has 0 aliphatic carbocycles. The lowest BCUT2D eigenvalue weighted by molar-refractivity contribution is -0.385. The second-order valence-electron chi connectivity index (χ2n) is 8.20. The first kappa shape index (κ1) is 22.7. The van der Waals surface area contributed by atoms with Crippen molar-refractivity contribution in [3.05, 3.63) is 105 Å². The SMILES string of the molecule is COc1ccc([C@@H]2C(C#N)=C(N)Oc3c2c(C)nn3-c2ccccc2)cc1Cn1cc([N+](=O)[O-])cn1. The lowest BCUT2D eigenvalue weighted by Crippen LogP contribution is -2.22. The molecule has 3 heterocycles. The minimum atomic E-state index is -0.534. The van der Waals surface area contributed by atoms with E-state index >= 15 is 0 Å². The fourth-order valence-corrected chi connectivity index (χ4v) is 4.40. The first-order valence-electron chi connectivity index (χ1n) is 11.0. The molecule has 2 N–H and O–H groups in total. The van der Waals surface area contributed by atoms with Gasteiger partial charge in [0.2, 0.25) is 11.8 Å². The predicted molar refractivity (Wildman–Crippen MR) is 129 cm³/mol. The highest BCUT2D eigenvalue weighted by atomic mass is 16.6. The van der Waals surface area contributed by atoms with Gasteiger partial charge in [-0.15, -0.1) is 0 Å². The lowest BCUT2D eigenvalue weighted by atomic mass is 9.83. The van der Waals surface area contributed by atoms with Crippen molar-refractivity contribution in [1.82, 2.24) is 19.6 Å². The van der Waals surface area contributed by atoms with Crippen LogP contribution in [-0.2, 0) is 6.54 Å². The molecule has 0 fully saturated rings. The summed E-state index contributed by atoms with van der Waals surface area (Å²) in [5.41, 5.74) is 10.1. The van der Waals surface area contributed by atoms with Crippen molar-refractivity contribution in [2.45, 2.75) is 19.4 Å². The lowest BCUT2D eigenvalue weighted by Gasteiger charge is -2.25. The normalized spacial score (nSPS) is 14.6. The van der Waals surface area contributed by atoms with E-state index in [1.54, 1.807) is 17.9 Å². The van der Waals surface area contributed by atoms with Crippen LogP contribution in [0.5, 0.6) is 11.6 Å². The van der Waals surface area contributed by atoms with E-state index in [2.05, 4.69) is 16.3 Å². The number of hydrogen-bond donors (Lipinski definition) is 1. The average molecular weight is 483 g/mol. The molecule has 5 rings (SSSR count). The smallest absolute Gasteiger partial charge is 0.307 e. The molecule has 1 aliphatic heterocycles. The zero-order valence-corrected chi connectivity index (χ0v) is 19.5. The van der Waals surface area contributed by atoms with Gasteiger partial charge in [0.15, 0.2) is 0 Å². The Labute approximate surface area is 205 Å². The maximum Gasteiger partial charge on any atom is 0.307 e. The summed E-state index contributed by atoms with van der Waals surface area (Å²) in [4.78, 5) is 10.6. The summed E-state index contributed by atoms with van der Waals surface area (Å²) in [5, 5.41) is 29.8. The molecule has 2 aromatic heterocycles. The van der Waals surface area contributed by atoms with E-state index in [1.807, 2.05) is 49.4 Å². The van der Waals surface area contributed by atoms with Gasteiger partial charge in [0.1, 0.15) is 29.8 Å². The third-order valence-corrected chi connectivity index (χ3v) is 6.03. The Balaban J connectivity index is 1.63. The molecule has 1 aliphatic rings. The second kappa shape index (κ2) is 8.92. The summed E-state index contributed by atoms with van der Waals surface area (Å²) in [6, 6.07) is 17.2. The number of nitriles is 1. The molecule has 180 valence electrons. The van der Waals surface area contributed by atoms with Crippen LogP contribution < -0.4 is 15.2 Å². The van der Waals surface area contributed by atoms with Crippen LogP contribution in [0.25, 0.3) is 5.69 Å². The zero-order chi connectivity index (χ0) is 25.4. The summed E-state index contributed by atoms with van der Waals surface area (Å²) >= 11 is 0. The molecule has 0 amide bonds. The summed E-state index contributed by atoms with van der Waals surface area (Å²) < 4.78 is 14.6. The average Bonchev–Trinajstić information content (AvgIpc) is 3.48. The fraction of sp³-hybridized carbons (Fsp3) is 0.160. The van der Waals surface area contributed by atoms with Crippen LogP contribution in [0.2, 0.25) is 0 Å². The predicted octanol–water partition coefficient (Wildman–Crippen LogP) is 3.56. The van der Waals surface area contributed by atoms with Crippen molar-refractivity contribution in [1.29, 1.82) is 5.26 Å². The van der Waals surface area contributed by atoms with Gasteiger partial charge in [0, 0.05) is 5.56 Å². The first-order valence-corrected chi connectivity index (χ1v) is 11.0. The summed E-state index contributed by atoms with van der Waals surface area (Å²) in [6.45, 7) is 2.09. The minimum Gasteiger partial charge on any atom is -0.496 e. The van der Waals surface area contributed by atoms with Crippen LogP contribution in [0, 0.1) is 28.4 Å². The fourth-order valence-electron chi connectivity index (χ4n) is 4.40. The van der Waals surface area contributed by atoms with Gasteiger partial charge in [-0.25, -0.2) is 4.68 Å². The van der Waals surface area contributed by atoms with E-state index < -0.39 is 10.8 Å². The Morgan fingerprint density at radius 1 is 1.28 bits per heavy atom. The number of para-hydroxylation sites is 1. The number of fused-ring (bicyclic) bond motifs is 1. The van der Waals surface area contributed by atoms with Crippen LogP contribution in [0.3, 0.4) is 0 Å². The summed E-state index contributed by atoms with van der Waals surface area (Å²) in [6.07, 6.45) is 2.55. The number of methoxy groups -OCH3 is 1. The Morgan fingerprint density at radius 3 is 2.72 bits per heavy atom. The van der Waals surface area contributed by atoms with Gasteiger partial charge < -0.3 is 15.2 Å². The van der Waals surface area contributed by atoms with Gasteiger partial charge in [-0.2, -0.15) is 15.5 Å². The van der Waals surface area contributed by atoms with Gasteiger partial charge in [-0.3, -0.25) is 14.8 Å². The van der Waals surface area contributed by atoms with Crippen molar-refractivity contribution in [3.63, 3.8) is 0 Å². The minimum absolute atomic E-state index is 0.00662. The van der Waals surface area contributed by atoms with E-state index in [-0.39, 0.29) is 23.7 Å². The van der Waals surface area contributed by atoms with Crippen LogP contribution in [-0.4, -0.2) is 31.6 Å². The molecule has 0 spiro atoms. The molecule has 0 unspecified atom stereocenters. The number of rotatable bonds is 6. The van der Waals surface area contributed by atoms with Crippen molar-refractivity contribution < 1.29 is 14.4 Å². The Kier molecular flexibility index (Phi) is 5.62. The van der Waals surface area contributed by atoms with E-state index in [0.717, 1.165) is 22.4 Å². The maximum absolute atomic E-state index is 11.1. The molecular formula is C25H21N7O4. The monoisotopic (exact) mass is 483 g/mol. The number of allylic oxidation sites excluding steroid dienone is 1. The van der Waals surface area contributed by atoms with Crippen LogP contribution in [0.1, 0.15) is 28.3 Å². The molecule has 11 heteroatoms. The molecule has 0 radical (unpaired) electrons. The number of nitro groups is 1. The summed E-state index contributed by atoms with van der Waals surface area (Å²) in [5.74, 6) is 0.497. The third kappa shape index (κ3) is 3.80. The largest absolute Gasteiger partial charge is 0.496 e. The molecule has 0 saturated heterocycles. The molecule has 2 aromatic carbocycles. The Morgan fingerprint density at radius 2 is 2.06 bits per heavy atom.